The fourth-order valence-electron chi connectivity index (χ4n) is 2.38. The van der Waals surface area contributed by atoms with Crippen LogP contribution < -0.4 is 0 Å². The molecule has 1 saturated heterocycles. The molecule has 0 spiro atoms. The van der Waals surface area contributed by atoms with Crippen molar-refractivity contribution in [2.45, 2.75) is 32.6 Å². The molecule has 1 aliphatic rings. The van der Waals surface area contributed by atoms with Crippen molar-refractivity contribution < 1.29 is 4.74 Å². The SMILES string of the molecule is Cc1cc(C)c(C2(CC#N)COC2)cc1C. The van der Waals surface area contributed by atoms with Crippen LogP contribution in [0, 0.1) is 32.1 Å². The Balaban J connectivity index is 2.47. The molecule has 1 aliphatic heterocycles. The monoisotopic (exact) mass is 215 g/mol. The van der Waals surface area contributed by atoms with Gasteiger partial charge in [0.25, 0.3) is 0 Å². The standard InChI is InChI=1S/C14H17NO/c1-10-6-12(3)13(7-11(10)2)14(4-5-15)8-16-9-14/h6-7H,4,8-9H2,1-3H3. The molecular weight excluding hydrogens is 198 g/mol. The van der Waals surface area contributed by atoms with E-state index >= 15 is 0 Å². The Kier molecular flexibility index (Phi) is 2.73. The Morgan fingerprint density at radius 1 is 1.19 bits per heavy atom. The molecule has 1 heterocycles. The molecule has 0 atom stereocenters. The molecule has 2 heteroatoms. The van der Waals surface area contributed by atoms with Gasteiger partial charge in [0.2, 0.25) is 0 Å². The van der Waals surface area contributed by atoms with Gasteiger partial charge in [-0.25, -0.2) is 0 Å². The normalized spacial score (nSPS) is 17.6. The Morgan fingerprint density at radius 3 is 2.31 bits per heavy atom. The zero-order chi connectivity index (χ0) is 11.8. The van der Waals surface area contributed by atoms with Gasteiger partial charge in [-0.1, -0.05) is 12.1 Å². The van der Waals surface area contributed by atoms with Crippen molar-refractivity contribution in [3.05, 3.63) is 34.4 Å². The van der Waals surface area contributed by atoms with E-state index in [1.54, 1.807) is 0 Å². The zero-order valence-electron chi connectivity index (χ0n) is 10.1. The number of nitriles is 1. The number of rotatable bonds is 2. The van der Waals surface area contributed by atoms with Crippen molar-refractivity contribution in [1.29, 1.82) is 5.26 Å². The highest BCUT2D eigenvalue weighted by atomic mass is 16.5. The fraction of sp³-hybridized carbons (Fsp3) is 0.500. The predicted octanol–water partition coefficient (Wildman–Crippen LogP) is 2.79. The molecule has 2 nitrogen and oxygen atoms in total. The second-order valence-electron chi connectivity index (χ2n) is 4.86. The molecule has 16 heavy (non-hydrogen) atoms. The second-order valence-corrected chi connectivity index (χ2v) is 4.86. The van der Waals surface area contributed by atoms with Crippen LogP contribution in [-0.4, -0.2) is 13.2 Å². The van der Waals surface area contributed by atoms with E-state index in [1.807, 2.05) is 0 Å². The lowest BCUT2D eigenvalue weighted by Gasteiger charge is -2.41. The van der Waals surface area contributed by atoms with E-state index < -0.39 is 0 Å². The van der Waals surface area contributed by atoms with E-state index in [2.05, 4.69) is 39.0 Å². The van der Waals surface area contributed by atoms with Crippen molar-refractivity contribution in [3.63, 3.8) is 0 Å². The third-order valence-electron chi connectivity index (χ3n) is 3.59. The molecule has 0 radical (unpaired) electrons. The van der Waals surface area contributed by atoms with Gasteiger partial charge in [0.15, 0.2) is 0 Å². The minimum Gasteiger partial charge on any atom is -0.379 e. The Bertz CT molecular complexity index is 453. The summed E-state index contributed by atoms with van der Waals surface area (Å²) in [6, 6.07) is 6.73. The minimum absolute atomic E-state index is 0.0444. The van der Waals surface area contributed by atoms with Gasteiger partial charge < -0.3 is 4.74 Å². The smallest absolute Gasteiger partial charge is 0.0632 e. The first-order valence-corrected chi connectivity index (χ1v) is 5.62. The zero-order valence-corrected chi connectivity index (χ0v) is 10.1. The van der Waals surface area contributed by atoms with Crippen LogP contribution in [0.25, 0.3) is 0 Å². The summed E-state index contributed by atoms with van der Waals surface area (Å²) >= 11 is 0. The first-order chi connectivity index (χ1) is 7.59. The number of benzene rings is 1. The van der Waals surface area contributed by atoms with Crippen molar-refractivity contribution in [2.24, 2.45) is 0 Å². The predicted molar refractivity (Wildman–Crippen MR) is 63.4 cm³/mol. The van der Waals surface area contributed by atoms with Gasteiger partial charge in [-0.3, -0.25) is 0 Å². The lowest BCUT2D eigenvalue weighted by Crippen LogP contribution is -2.47. The van der Waals surface area contributed by atoms with Crippen LogP contribution in [0.5, 0.6) is 0 Å². The highest BCUT2D eigenvalue weighted by molar-refractivity contribution is 5.42. The van der Waals surface area contributed by atoms with Gasteiger partial charge in [0.1, 0.15) is 0 Å². The van der Waals surface area contributed by atoms with Gasteiger partial charge >= 0.3 is 0 Å². The van der Waals surface area contributed by atoms with Gasteiger partial charge in [-0.05, 0) is 43.0 Å². The molecule has 0 saturated carbocycles. The molecule has 84 valence electrons. The molecule has 0 aromatic heterocycles. The summed E-state index contributed by atoms with van der Waals surface area (Å²) in [6.45, 7) is 7.74. The van der Waals surface area contributed by atoms with Crippen molar-refractivity contribution >= 4 is 0 Å². The molecule has 1 aromatic rings. The number of ether oxygens (including phenoxy) is 1. The largest absolute Gasteiger partial charge is 0.379 e. The Hall–Kier alpha value is -1.33. The van der Waals surface area contributed by atoms with Crippen molar-refractivity contribution in [1.82, 2.24) is 0 Å². The van der Waals surface area contributed by atoms with E-state index in [0.29, 0.717) is 19.6 Å². The number of nitrogens with zero attached hydrogens (tertiary/aromatic N) is 1. The summed E-state index contributed by atoms with van der Waals surface area (Å²) in [7, 11) is 0. The molecule has 0 aliphatic carbocycles. The Labute approximate surface area is 96.9 Å². The van der Waals surface area contributed by atoms with Crippen LogP contribution in [0.2, 0.25) is 0 Å². The van der Waals surface area contributed by atoms with Gasteiger partial charge in [-0.15, -0.1) is 0 Å². The molecule has 1 aromatic carbocycles. The molecule has 2 rings (SSSR count). The van der Waals surface area contributed by atoms with E-state index in [0.717, 1.165) is 0 Å². The van der Waals surface area contributed by atoms with E-state index in [1.165, 1.54) is 22.3 Å². The molecular formula is C14H17NO. The van der Waals surface area contributed by atoms with E-state index in [9.17, 15) is 0 Å². The maximum atomic E-state index is 8.94. The lowest BCUT2D eigenvalue weighted by atomic mass is 9.73. The van der Waals surface area contributed by atoms with Gasteiger partial charge in [0.05, 0.1) is 24.7 Å². The van der Waals surface area contributed by atoms with Crippen molar-refractivity contribution in [2.75, 3.05) is 13.2 Å². The lowest BCUT2D eigenvalue weighted by molar-refractivity contribution is -0.0580. The van der Waals surface area contributed by atoms with Crippen molar-refractivity contribution in [3.8, 4) is 6.07 Å². The number of aryl methyl sites for hydroxylation is 3. The summed E-state index contributed by atoms with van der Waals surface area (Å²) in [5, 5.41) is 8.94. The van der Waals surface area contributed by atoms with Crippen LogP contribution in [0.1, 0.15) is 28.7 Å². The molecule has 0 bridgehead atoms. The van der Waals surface area contributed by atoms with Crippen LogP contribution in [0.4, 0.5) is 0 Å². The highest BCUT2D eigenvalue weighted by Crippen LogP contribution is 2.38. The average Bonchev–Trinajstić information content (AvgIpc) is 2.18. The summed E-state index contributed by atoms with van der Waals surface area (Å²) in [4.78, 5) is 0. The van der Waals surface area contributed by atoms with Gasteiger partial charge in [-0.2, -0.15) is 5.26 Å². The molecule has 0 unspecified atom stereocenters. The highest BCUT2D eigenvalue weighted by Gasteiger charge is 2.41. The number of hydrogen-bond donors (Lipinski definition) is 0. The quantitative estimate of drug-likeness (QED) is 0.760. The summed E-state index contributed by atoms with van der Waals surface area (Å²) in [5.41, 5.74) is 5.14. The maximum absolute atomic E-state index is 8.94. The maximum Gasteiger partial charge on any atom is 0.0632 e. The van der Waals surface area contributed by atoms with Crippen LogP contribution in [0.3, 0.4) is 0 Å². The van der Waals surface area contributed by atoms with E-state index in [4.69, 9.17) is 10.00 Å². The molecule has 0 amide bonds. The summed E-state index contributed by atoms with van der Waals surface area (Å²) in [6.07, 6.45) is 0.552. The summed E-state index contributed by atoms with van der Waals surface area (Å²) < 4.78 is 5.32. The fourth-order valence-corrected chi connectivity index (χ4v) is 2.38. The van der Waals surface area contributed by atoms with Crippen LogP contribution in [0.15, 0.2) is 12.1 Å². The minimum atomic E-state index is -0.0444. The topological polar surface area (TPSA) is 33.0 Å². The van der Waals surface area contributed by atoms with Crippen LogP contribution in [-0.2, 0) is 10.2 Å². The van der Waals surface area contributed by atoms with E-state index in [-0.39, 0.29) is 5.41 Å². The third kappa shape index (κ3) is 1.62. The first kappa shape index (κ1) is 11.2. The first-order valence-electron chi connectivity index (χ1n) is 5.62. The molecule has 0 N–H and O–H groups in total. The number of hydrogen-bond acceptors (Lipinski definition) is 2. The molecule has 1 fully saturated rings. The van der Waals surface area contributed by atoms with Gasteiger partial charge in [0, 0.05) is 6.42 Å². The summed E-state index contributed by atoms with van der Waals surface area (Å²) in [5.74, 6) is 0. The average molecular weight is 215 g/mol. The second kappa shape index (κ2) is 3.92. The Morgan fingerprint density at radius 2 is 1.81 bits per heavy atom. The van der Waals surface area contributed by atoms with Crippen LogP contribution >= 0.6 is 0 Å². The third-order valence-corrected chi connectivity index (χ3v) is 3.59.